The van der Waals surface area contributed by atoms with Gasteiger partial charge in [0.2, 0.25) is 5.91 Å². The van der Waals surface area contributed by atoms with E-state index in [-0.39, 0.29) is 23.8 Å². The predicted octanol–water partition coefficient (Wildman–Crippen LogP) is 1.94. The van der Waals surface area contributed by atoms with Gasteiger partial charge >= 0.3 is 5.97 Å². The van der Waals surface area contributed by atoms with E-state index in [0.29, 0.717) is 12.8 Å². The second kappa shape index (κ2) is 4.00. The number of rotatable bonds is 4. The minimum Gasteiger partial charge on any atom is -0.481 e. The molecular formula is C13H21NO3. The van der Waals surface area contributed by atoms with Crippen molar-refractivity contribution in [3.63, 3.8) is 0 Å². The van der Waals surface area contributed by atoms with Gasteiger partial charge in [0.1, 0.15) is 0 Å². The van der Waals surface area contributed by atoms with Gasteiger partial charge in [-0.3, -0.25) is 9.59 Å². The molecule has 4 heteroatoms. The van der Waals surface area contributed by atoms with Gasteiger partial charge in [0.05, 0.1) is 5.41 Å². The van der Waals surface area contributed by atoms with Crippen LogP contribution in [0.3, 0.4) is 0 Å². The van der Waals surface area contributed by atoms with Crippen LogP contribution in [0.2, 0.25) is 0 Å². The molecule has 1 amide bonds. The molecule has 0 aliphatic heterocycles. The minimum atomic E-state index is -0.805. The molecule has 1 unspecified atom stereocenters. The van der Waals surface area contributed by atoms with Crippen LogP contribution in [0.1, 0.15) is 52.4 Å². The van der Waals surface area contributed by atoms with E-state index < -0.39 is 11.4 Å². The number of hydrogen-bond acceptors (Lipinski definition) is 2. The number of aliphatic carboxylic acids is 1. The molecule has 2 saturated carbocycles. The Kier molecular flexibility index (Phi) is 2.92. The number of carboxylic acids is 1. The van der Waals surface area contributed by atoms with Crippen molar-refractivity contribution >= 4 is 11.9 Å². The summed E-state index contributed by atoms with van der Waals surface area (Å²) in [6.45, 7) is 4.22. The number of carboxylic acid groups (broad SMARTS) is 1. The second-order valence-electron chi connectivity index (χ2n) is 6.28. The Balaban J connectivity index is 1.91. The lowest BCUT2D eigenvalue weighted by Gasteiger charge is -2.23. The Morgan fingerprint density at radius 2 is 1.82 bits per heavy atom. The van der Waals surface area contributed by atoms with Gasteiger partial charge in [-0.1, -0.05) is 26.7 Å². The van der Waals surface area contributed by atoms with Crippen molar-refractivity contribution in [3.8, 4) is 0 Å². The van der Waals surface area contributed by atoms with Crippen molar-refractivity contribution in [1.82, 2.24) is 5.32 Å². The van der Waals surface area contributed by atoms with Crippen LogP contribution in [-0.2, 0) is 9.59 Å². The highest BCUT2D eigenvalue weighted by atomic mass is 16.4. The molecule has 0 heterocycles. The smallest absolute Gasteiger partial charge is 0.310 e. The first-order chi connectivity index (χ1) is 7.86. The summed E-state index contributed by atoms with van der Waals surface area (Å²) in [7, 11) is 0. The van der Waals surface area contributed by atoms with Crippen molar-refractivity contribution in [2.75, 3.05) is 0 Å². The Morgan fingerprint density at radius 3 is 2.24 bits per heavy atom. The molecule has 2 N–H and O–H groups in total. The van der Waals surface area contributed by atoms with Crippen LogP contribution in [0.4, 0.5) is 0 Å². The van der Waals surface area contributed by atoms with Crippen LogP contribution >= 0.6 is 0 Å². The molecule has 2 fully saturated rings. The highest BCUT2D eigenvalue weighted by Gasteiger charge is 2.48. The van der Waals surface area contributed by atoms with Gasteiger partial charge in [0.25, 0.3) is 0 Å². The molecule has 2 aliphatic carbocycles. The normalized spacial score (nSPS) is 28.7. The summed E-state index contributed by atoms with van der Waals surface area (Å²) in [6.07, 6.45) is 4.28. The van der Waals surface area contributed by atoms with Gasteiger partial charge < -0.3 is 10.4 Å². The Morgan fingerprint density at radius 1 is 1.29 bits per heavy atom. The highest BCUT2D eigenvalue weighted by molar-refractivity contribution is 5.85. The Bertz CT molecular complexity index is 343. The first-order valence-corrected chi connectivity index (χ1v) is 6.39. The molecule has 17 heavy (non-hydrogen) atoms. The topological polar surface area (TPSA) is 66.4 Å². The first kappa shape index (κ1) is 12.4. The van der Waals surface area contributed by atoms with Gasteiger partial charge in [-0.15, -0.1) is 0 Å². The zero-order valence-corrected chi connectivity index (χ0v) is 10.6. The van der Waals surface area contributed by atoms with Gasteiger partial charge in [-0.25, -0.2) is 0 Å². The highest BCUT2D eigenvalue weighted by Crippen LogP contribution is 2.45. The molecule has 4 nitrogen and oxygen atoms in total. The fourth-order valence-electron chi connectivity index (χ4n) is 2.78. The molecule has 0 aromatic carbocycles. The van der Waals surface area contributed by atoms with E-state index >= 15 is 0 Å². The van der Waals surface area contributed by atoms with Gasteiger partial charge in [-0.05, 0) is 24.7 Å². The molecule has 0 aromatic heterocycles. The number of hydrogen-bond donors (Lipinski definition) is 2. The van der Waals surface area contributed by atoms with Crippen LogP contribution in [0.25, 0.3) is 0 Å². The fraction of sp³-hybridized carbons (Fsp3) is 0.846. The maximum Gasteiger partial charge on any atom is 0.310 e. The Labute approximate surface area is 102 Å². The van der Waals surface area contributed by atoms with E-state index in [4.69, 9.17) is 0 Å². The van der Waals surface area contributed by atoms with Crippen LogP contribution in [0, 0.1) is 10.8 Å². The van der Waals surface area contributed by atoms with Crippen LogP contribution in [-0.4, -0.2) is 23.0 Å². The molecule has 0 bridgehead atoms. The lowest BCUT2D eigenvalue weighted by molar-refractivity contribution is -0.151. The summed E-state index contributed by atoms with van der Waals surface area (Å²) >= 11 is 0. The largest absolute Gasteiger partial charge is 0.481 e. The second-order valence-corrected chi connectivity index (χ2v) is 6.28. The zero-order chi connectivity index (χ0) is 12.7. The van der Waals surface area contributed by atoms with Crippen LogP contribution in [0.5, 0.6) is 0 Å². The van der Waals surface area contributed by atoms with Gasteiger partial charge in [0, 0.05) is 12.5 Å². The third kappa shape index (κ3) is 2.45. The molecular weight excluding hydrogens is 218 g/mol. The molecule has 96 valence electrons. The van der Waals surface area contributed by atoms with E-state index in [1.54, 1.807) is 0 Å². The summed E-state index contributed by atoms with van der Waals surface area (Å²) in [5.41, 5.74) is -0.592. The maximum atomic E-state index is 11.9. The summed E-state index contributed by atoms with van der Waals surface area (Å²) in [5, 5.41) is 12.2. The average Bonchev–Trinajstić information content (AvgIpc) is 2.65. The average molecular weight is 239 g/mol. The zero-order valence-electron chi connectivity index (χ0n) is 10.6. The summed E-state index contributed by atoms with van der Waals surface area (Å²) in [5.74, 6) is -0.898. The van der Waals surface area contributed by atoms with Crippen molar-refractivity contribution in [1.29, 1.82) is 0 Å². The van der Waals surface area contributed by atoms with E-state index in [1.807, 2.05) is 0 Å². The van der Waals surface area contributed by atoms with E-state index in [0.717, 1.165) is 19.3 Å². The van der Waals surface area contributed by atoms with Gasteiger partial charge in [0.15, 0.2) is 0 Å². The van der Waals surface area contributed by atoms with E-state index in [9.17, 15) is 14.7 Å². The minimum absolute atomic E-state index is 0.0927. The third-order valence-corrected chi connectivity index (χ3v) is 4.36. The number of carbonyl (C=O) groups is 2. The lowest BCUT2D eigenvalue weighted by Crippen LogP contribution is -2.37. The molecule has 2 aliphatic rings. The van der Waals surface area contributed by atoms with Crippen LogP contribution in [0.15, 0.2) is 0 Å². The number of nitrogens with one attached hydrogen (secondary N) is 1. The van der Waals surface area contributed by atoms with Gasteiger partial charge in [-0.2, -0.15) is 0 Å². The quantitative estimate of drug-likeness (QED) is 0.787. The third-order valence-electron chi connectivity index (χ3n) is 4.36. The summed E-state index contributed by atoms with van der Waals surface area (Å²) in [6, 6.07) is 0.238. The predicted molar refractivity (Wildman–Crippen MR) is 63.5 cm³/mol. The molecule has 0 aromatic rings. The van der Waals surface area contributed by atoms with E-state index in [1.165, 1.54) is 0 Å². The van der Waals surface area contributed by atoms with Crippen molar-refractivity contribution < 1.29 is 14.7 Å². The SMILES string of the molecule is CC1(C)CC1NC(=O)CC1(C(=O)O)CCCC1. The molecule has 2 rings (SSSR count). The molecule has 0 saturated heterocycles. The van der Waals surface area contributed by atoms with Crippen molar-refractivity contribution in [2.45, 2.75) is 58.4 Å². The molecule has 1 atom stereocenters. The van der Waals surface area contributed by atoms with Crippen LogP contribution < -0.4 is 5.32 Å². The maximum absolute atomic E-state index is 11.9. The summed E-state index contributed by atoms with van der Waals surface area (Å²) in [4.78, 5) is 23.2. The first-order valence-electron chi connectivity index (χ1n) is 6.39. The Hall–Kier alpha value is -1.06. The lowest BCUT2D eigenvalue weighted by atomic mass is 9.82. The molecule has 0 radical (unpaired) electrons. The van der Waals surface area contributed by atoms with Crippen molar-refractivity contribution in [2.24, 2.45) is 10.8 Å². The summed E-state index contributed by atoms with van der Waals surface area (Å²) < 4.78 is 0. The van der Waals surface area contributed by atoms with E-state index in [2.05, 4.69) is 19.2 Å². The van der Waals surface area contributed by atoms with Crippen molar-refractivity contribution in [3.05, 3.63) is 0 Å². The number of amides is 1. The molecule has 0 spiro atoms. The fourth-order valence-corrected chi connectivity index (χ4v) is 2.78. The number of carbonyl (C=O) groups excluding carboxylic acids is 1. The standard InChI is InChI=1S/C13H21NO3/c1-12(2)7-9(12)14-10(15)8-13(11(16)17)5-3-4-6-13/h9H,3-8H2,1-2H3,(H,14,15)(H,16,17). The monoisotopic (exact) mass is 239 g/mol.